The van der Waals surface area contributed by atoms with Gasteiger partial charge in [-0.15, -0.1) is 0 Å². The number of urea groups is 1. The molecule has 82 heavy (non-hydrogen) atoms. The lowest BCUT2D eigenvalue weighted by Crippen LogP contribution is -2.53. The molecule has 3 aliphatic rings. The summed E-state index contributed by atoms with van der Waals surface area (Å²) in [6.45, 7) is 14.5. The van der Waals surface area contributed by atoms with Crippen molar-refractivity contribution in [2.75, 3.05) is 71.0 Å². The average molecular weight is 1180 g/mol. The number of hydrogen-bond donors (Lipinski definition) is 6. The summed E-state index contributed by atoms with van der Waals surface area (Å²) in [5.74, 6) is -2.63. The van der Waals surface area contributed by atoms with E-state index in [0.29, 0.717) is 85.5 Å². The van der Waals surface area contributed by atoms with Crippen molar-refractivity contribution in [1.29, 1.82) is 0 Å². The molecule has 0 aromatic heterocycles. The number of aryl methyl sites for hydroxylation is 1. The molecule has 3 heterocycles. The summed E-state index contributed by atoms with van der Waals surface area (Å²) in [6.07, 6.45) is 1.56. The molecule has 0 spiro atoms. The number of thiocarbonyl (C=S) groups is 1. The molecule has 2 aromatic carbocycles. The molecule has 5 rings (SSSR count). The van der Waals surface area contributed by atoms with Crippen LogP contribution in [0.15, 0.2) is 54.1 Å². The Morgan fingerprint density at radius 3 is 2.39 bits per heavy atom. The van der Waals surface area contributed by atoms with Gasteiger partial charge in [0.25, 0.3) is 0 Å². The SMILES string of the molecule is COc1cc2cc(c1Cl)N(C)C(=O)C[C@H](OC(=O)Nc1ccc(CC(=O)[C@H](CCCNC(N)=O)NC(=O)[C@@H](CC(=S)NCCOCCOCCC(C)=O)C(C)C)c(C)c1)[C@]1(C)O[C@H]1[C@H](C)[C@@H]1C[C@@](O)(CC(=O)O1)[C@H](OC)/C=C/C=C(\C)C2. The molecule has 0 unspecified atom stereocenters. The highest BCUT2D eigenvalue weighted by Gasteiger charge is 2.64. The van der Waals surface area contributed by atoms with E-state index >= 15 is 0 Å². The predicted octanol–water partition coefficient (Wildman–Crippen LogP) is 6.57. The van der Waals surface area contributed by atoms with E-state index in [9.17, 15) is 38.7 Å². The molecule has 0 aliphatic carbocycles. The zero-order valence-corrected chi connectivity index (χ0v) is 50.4. The maximum atomic E-state index is 14.4. The highest BCUT2D eigenvalue weighted by Crippen LogP contribution is 2.50. The molecule has 9 atom stereocenters. The van der Waals surface area contributed by atoms with Crippen LogP contribution in [0.5, 0.6) is 5.75 Å². The van der Waals surface area contributed by atoms with Crippen LogP contribution in [0.3, 0.4) is 0 Å². The Labute approximate surface area is 491 Å². The van der Waals surface area contributed by atoms with Crippen LogP contribution in [-0.2, 0) is 65.2 Å². The first-order chi connectivity index (χ1) is 38.8. The van der Waals surface area contributed by atoms with Crippen molar-refractivity contribution in [3.63, 3.8) is 0 Å². The van der Waals surface area contributed by atoms with E-state index in [0.717, 1.165) is 11.1 Å². The minimum atomic E-state index is -1.63. The summed E-state index contributed by atoms with van der Waals surface area (Å²) in [5, 5.41) is 23.6. The van der Waals surface area contributed by atoms with Crippen molar-refractivity contribution in [2.24, 2.45) is 23.5 Å². The first-order valence-corrected chi connectivity index (χ1v) is 28.5. The van der Waals surface area contributed by atoms with E-state index in [4.69, 9.17) is 62.7 Å². The molecule has 0 radical (unpaired) electrons. The number of amides is 5. The number of ether oxygens (including phenoxy) is 7. The molecule has 3 aliphatic heterocycles. The quantitative estimate of drug-likeness (QED) is 0.0265. The molecular weight excluding hydrogens is 1100 g/mol. The van der Waals surface area contributed by atoms with Crippen LogP contribution in [0.2, 0.25) is 5.02 Å². The number of primary amides is 1. The Morgan fingerprint density at radius 2 is 1.73 bits per heavy atom. The smallest absolute Gasteiger partial charge is 0.412 e. The molecule has 21 nitrogen and oxygen atoms in total. The van der Waals surface area contributed by atoms with Crippen LogP contribution >= 0.6 is 23.8 Å². The number of fused-ring (bicyclic) bond motifs is 5. The summed E-state index contributed by atoms with van der Waals surface area (Å²) in [7, 11) is 4.49. The van der Waals surface area contributed by atoms with Gasteiger partial charge in [0.1, 0.15) is 46.1 Å². The van der Waals surface area contributed by atoms with Crippen molar-refractivity contribution >= 4 is 81.7 Å². The number of benzene rings is 2. The zero-order valence-electron chi connectivity index (χ0n) is 48.8. The van der Waals surface area contributed by atoms with E-state index in [1.165, 1.54) is 26.0 Å². The zero-order chi connectivity index (χ0) is 60.5. The van der Waals surface area contributed by atoms with Gasteiger partial charge in [0, 0.05) is 70.5 Å². The van der Waals surface area contributed by atoms with Crippen LogP contribution in [0.1, 0.15) is 103 Å². The van der Waals surface area contributed by atoms with Gasteiger partial charge in [-0.05, 0) is 93.8 Å². The highest BCUT2D eigenvalue weighted by molar-refractivity contribution is 7.80. The van der Waals surface area contributed by atoms with E-state index in [1.54, 1.807) is 70.3 Å². The number of anilines is 2. The first-order valence-electron chi connectivity index (χ1n) is 27.7. The van der Waals surface area contributed by atoms with Crippen LogP contribution in [0, 0.1) is 24.7 Å². The number of ketones is 2. The molecule has 452 valence electrons. The molecule has 5 amide bonds. The van der Waals surface area contributed by atoms with Crippen LogP contribution in [0.4, 0.5) is 21.0 Å². The molecule has 2 aromatic rings. The average Bonchev–Trinajstić information content (AvgIpc) is 1.98. The van der Waals surface area contributed by atoms with Crippen LogP contribution < -0.4 is 36.6 Å². The molecule has 2 fully saturated rings. The second kappa shape index (κ2) is 31.0. The van der Waals surface area contributed by atoms with E-state index in [-0.39, 0.29) is 73.5 Å². The van der Waals surface area contributed by atoms with Crippen molar-refractivity contribution in [1.82, 2.24) is 16.0 Å². The summed E-state index contributed by atoms with van der Waals surface area (Å²) < 4.78 is 40.7. The Hall–Kier alpha value is -6.01. The number of methoxy groups -OCH3 is 2. The number of nitrogens with one attached hydrogen (secondary N) is 4. The minimum Gasteiger partial charge on any atom is -0.495 e. The first kappa shape index (κ1) is 66.8. The number of carbonyl (C=O) groups excluding carboxylic acids is 7. The Balaban J connectivity index is 1.31. The van der Waals surface area contributed by atoms with E-state index in [1.807, 2.05) is 26.8 Å². The summed E-state index contributed by atoms with van der Waals surface area (Å²) >= 11 is 12.5. The summed E-state index contributed by atoms with van der Waals surface area (Å²) in [5.41, 5.74) is 5.99. The second-order valence-corrected chi connectivity index (χ2v) is 22.9. The van der Waals surface area contributed by atoms with Gasteiger partial charge < -0.3 is 64.8 Å². The van der Waals surface area contributed by atoms with Crippen LogP contribution in [-0.4, -0.2) is 154 Å². The Bertz CT molecular complexity index is 2690. The fourth-order valence-electron chi connectivity index (χ4n) is 10.2. The van der Waals surface area contributed by atoms with Gasteiger partial charge >= 0.3 is 18.1 Å². The van der Waals surface area contributed by atoms with E-state index in [2.05, 4.69) is 21.3 Å². The molecule has 2 saturated heterocycles. The Morgan fingerprint density at radius 1 is 1.01 bits per heavy atom. The number of nitrogens with two attached hydrogens (primary N) is 1. The third-order valence-corrected chi connectivity index (χ3v) is 15.9. The summed E-state index contributed by atoms with van der Waals surface area (Å²) in [6, 6.07) is 6.86. The van der Waals surface area contributed by atoms with Gasteiger partial charge in [-0.2, -0.15) is 0 Å². The number of halogens is 1. The standard InChI is InChI=1S/C59H83ClN6O15S/c1-34(2)42(30-50(82)62-20-22-78-24-23-77-21-18-37(5)67)55(71)65-43(14-12-19-63-56(61)72)45(68)29-40-16-17-41(26-36(40)4)64-57(73)80-49-31-51(69)66(8)44-27-39(28-46(75-9)53(44)60)25-35(3)13-11-15-48(76-10)59(74)32-47(79-52(70)33-59)38(6)54-58(49,7)81-54/h11,13,15-17,26-28,34,38,42-43,47-49,54,74H,12,14,18-25,29-33H2,1-10H3,(H,62,82)(H,64,73)(H,65,71)(H3,61,63,72)/b15-11+,35-13+/t38-,42+,43+,47+,48-,49+,54+,58+,59-/m1/s1. The monoisotopic (exact) mass is 1180 g/mol. The fourth-order valence-corrected chi connectivity index (χ4v) is 10.8. The minimum absolute atomic E-state index is 0.0115. The maximum Gasteiger partial charge on any atom is 0.412 e. The highest BCUT2D eigenvalue weighted by atomic mass is 35.5. The Kier molecular flexibility index (Phi) is 25.3. The third kappa shape index (κ3) is 19.3. The molecule has 23 heteroatoms. The predicted molar refractivity (Wildman–Crippen MR) is 313 cm³/mol. The lowest BCUT2D eigenvalue weighted by atomic mass is 9.78. The van der Waals surface area contributed by atoms with Crippen LogP contribution in [0.25, 0.3) is 0 Å². The second-order valence-electron chi connectivity index (χ2n) is 22.0. The molecule has 4 bridgehead atoms. The van der Waals surface area contributed by atoms with E-state index < -0.39 is 77.5 Å². The lowest BCUT2D eigenvalue weighted by molar-refractivity contribution is -0.187. The number of Topliss-reactive ketones (excluding diaryl/α,β-unsaturated/α-hetero) is 2. The van der Waals surface area contributed by atoms with Crippen molar-refractivity contribution in [3.05, 3.63) is 75.8 Å². The van der Waals surface area contributed by atoms with Gasteiger partial charge in [0.2, 0.25) is 11.8 Å². The molecule has 0 saturated carbocycles. The number of allylic oxidation sites excluding steroid dienone is 3. The maximum absolute atomic E-state index is 14.4. The van der Waals surface area contributed by atoms with Crippen molar-refractivity contribution < 1.29 is 71.8 Å². The molecular formula is C59H83ClN6O15S. The van der Waals surface area contributed by atoms with Gasteiger partial charge in [-0.3, -0.25) is 29.3 Å². The van der Waals surface area contributed by atoms with Gasteiger partial charge in [0.15, 0.2) is 5.78 Å². The van der Waals surface area contributed by atoms with Crippen molar-refractivity contribution in [3.8, 4) is 5.75 Å². The number of hydrogen-bond acceptors (Lipinski definition) is 16. The number of esters is 1. The summed E-state index contributed by atoms with van der Waals surface area (Å²) in [4.78, 5) is 94.2. The third-order valence-electron chi connectivity index (χ3n) is 15.2. The largest absolute Gasteiger partial charge is 0.495 e. The number of epoxide rings is 1. The number of aliphatic hydroxyl groups is 1. The van der Waals surface area contributed by atoms with Gasteiger partial charge in [0.05, 0.1) is 69.2 Å². The number of carbonyl (C=O) groups is 7. The van der Waals surface area contributed by atoms with Gasteiger partial charge in [-0.25, -0.2) is 9.59 Å². The number of nitrogens with zero attached hydrogens (tertiary/aromatic N) is 1. The molecule has 7 N–H and O–H groups in total. The van der Waals surface area contributed by atoms with Gasteiger partial charge in [-0.1, -0.05) is 74.5 Å². The van der Waals surface area contributed by atoms with Crippen molar-refractivity contribution in [2.45, 2.75) is 148 Å². The normalized spacial score (nSPS) is 24.6. The topological polar surface area (TPSA) is 285 Å². The lowest BCUT2D eigenvalue weighted by Gasteiger charge is -2.41. The fraction of sp³-hybridized carbons (Fsp3) is 0.593. The number of rotatable bonds is 25.